The van der Waals surface area contributed by atoms with E-state index in [-0.39, 0.29) is 0 Å². The molecule has 112 valence electrons. The Morgan fingerprint density at radius 1 is 1.10 bits per heavy atom. The van der Waals surface area contributed by atoms with Crippen LogP contribution in [0.3, 0.4) is 0 Å². The Hall–Kier alpha value is -0.860. The molecule has 20 heavy (non-hydrogen) atoms. The molecule has 0 bridgehead atoms. The van der Waals surface area contributed by atoms with Gasteiger partial charge >= 0.3 is 0 Å². The quantitative estimate of drug-likeness (QED) is 0.760. The summed E-state index contributed by atoms with van der Waals surface area (Å²) in [5.41, 5.74) is 1.41. The van der Waals surface area contributed by atoms with Crippen LogP contribution in [0, 0.1) is 5.92 Å². The van der Waals surface area contributed by atoms with Crippen LogP contribution in [0.5, 0.6) is 0 Å². The highest BCUT2D eigenvalue weighted by atomic mass is 15.1. The molecule has 1 aromatic carbocycles. The van der Waals surface area contributed by atoms with Gasteiger partial charge in [-0.15, -0.1) is 0 Å². The average Bonchev–Trinajstić information content (AvgIpc) is 2.49. The first-order chi connectivity index (χ1) is 9.77. The molecule has 1 atom stereocenters. The van der Waals surface area contributed by atoms with Crippen molar-refractivity contribution >= 4 is 0 Å². The molecule has 0 radical (unpaired) electrons. The van der Waals surface area contributed by atoms with Crippen LogP contribution in [-0.4, -0.2) is 32.1 Å². The summed E-state index contributed by atoms with van der Waals surface area (Å²) < 4.78 is 0. The van der Waals surface area contributed by atoms with Crippen LogP contribution < -0.4 is 5.32 Å². The van der Waals surface area contributed by atoms with Crippen molar-refractivity contribution in [3.63, 3.8) is 0 Å². The van der Waals surface area contributed by atoms with E-state index < -0.39 is 0 Å². The maximum absolute atomic E-state index is 3.67. The predicted octanol–water partition coefficient (Wildman–Crippen LogP) is 3.85. The first-order valence-corrected chi connectivity index (χ1v) is 8.19. The monoisotopic (exact) mass is 274 g/mol. The van der Waals surface area contributed by atoms with Crippen molar-refractivity contribution in [2.24, 2.45) is 5.92 Å². The summed E-state index contributed by atoms with van der Waals surface area (Å²) in [5, 5.41) is 3.67. The van der Waals surface area contributed by atoms with E-state index in [4.69, 9.17) is 0 Å². The highest BCUT2D eigenvalue weighted by molar-refractivity contribution is 5.19. The zero-order valence-corrected chi connectivity index (χ0v) is 13.1. The van der Waals surface area contributed by atoms with E-state index in [1.807, 2.05) is 0 Å². The van der Waals surface area contributed by atoms with E-state index in [0.717, 1.165) is 12.5 Å². The van der Waals surface area contributed by atoms with Crippen LogP contribution in [0.2, 0.25) is 0 Å². The minimum atomic E-state index is 0.475. The third-order valence-electron chi connectivity index (χ3n) is 4.60. The van der Waals surface area contributed by atoms with Crippen molar-refractivity contribution in [3.05, 3.63) is 35.9 Å². The summed E-state index contributed by atoms with van der Waals surface area (Å²) in [5.74, 6) is 0.978. The highest BCUT2D eigenvalue weighted by Crippen LogP contribution is 2.25. The van der Waals surface area contributed by atoms with Gasteiger partial charge < -0.3 is 10.2 Å². The van der Waals surface area contributed by atoms with Crippen molar-refractivity contribution in [1.82, 2.24) is 10.2 Å². The molecule has 0 aliphatic heterocycles. The Morgan fingerprint density at radius 3 is 2.45 bits per heavy atom. The molecular formula is C18H30N2. The number of rotatable bonds is 7. The lowest BCUT2D eigenvalue weighted by Gasteiger charge is -2.26. The molecule has 2 rings (SSSR count). The molecule has 0 aromatic heterocycles. The van der Waals surface area contributed by atoms with Crippen molar-refractivity contribution < 1.29 is 0 Å². The van der Waals surface area contributed by atoms with E-state index in [1.54, 1.807) is 0 Å². The molecule has 0 spiro atoms. The van der Waals surface area contributed by atoms with Gasteiger partial charge in [0.1, 0.15) is 0 Å². The van der Waals surface area contributed by atoms with Crippen molar-refractivity contribution in [2.75, 3.05) is 27.2 Å². The molecular weight excluding hydrogens is 244 g/mol. The van der Waals surface area contributed by atoms with E-state index >= 15 is 0 Å². The maximum atomic E-state index is 3.67. The Balaban J connectivity index is 1.72. The summed E-state index contributed by atoms with van der Waals surface area (Å²) in [6, 6.07) is 11.3. The number of nitrogens with zero attached hydrogens (tertiary/aromatic N) is 1. The van der Waals surface area contributed by atoms with Gasteiger partial charge in [0.05, 0.1) is 0 Å². The zero-order valence-electron chi connectivity index (χ0n) is 13.1. The molecule has 1 N–H and O–H groups in total. The van der Waals surface area contributed by atoms with Crippen LogP contribution in [0.25, 0.3) is 0 Å². The summed E-state index contributed by atoms with van der Waals surface area (Å²) in [6.07, 6.45) is 8.63. The minimum absolute atomic E-state index is 0.475. The number of hydrogen-bond donors (Lipinski definition) is 1. The second-order valence-corrected chi connectivity index (χ2v) is 6.39. The lowest BCUT2D eigenvalue weighted by molar-refractivity contribution is 0.280. The highest BCUT2D eigenvalue weighted by Gasteiger charge is 2.15. The molecule has 0 amide bonds. The number of likely N-dealkylation sites (N-methyl/N-ethyl adjacent to an activating group) is 1. The molecule has 0 heterocycles. The van der Waals surface area contributed by atoms with Crippen molar-refractivity contribution in [3.8, 4) is 0 Å². The van der Waals surface area contributed by atoms with Crippen LogP contribution in [0.1, 0.15) is 50.1 Å². The number of benzene rings is 1. The van der Waals surface area contributed by atoms with Crippen LogP contribution in [0.15, 0.2) is 30.3 Å². The normalized spacial score (nSPS) is 18.4. The standard InChI is InChI=1S/C18H30N2/c1-20(2)18(17-11-7-4-8-12-17)15-19-14-13-16-9-5-3-6-10-16/h4,7-8,11-12,16,18-19H,3,5-6,9-10,13-15H2,1-2H3. The first kappa shape index (κ1) is 15.5. The van der Waals surface area contributed by atoms with E-state index in [9.17, 15) is 0 Å². The third-order valence-corrected chi connectivity index (χ3v) is 4.60. The van der Waals surface area contributed by atoms with E-state index in [0.29, 0.717) is 6.04 Å². The molecule has 1 fully saturated rings. The Kier molecular flexibility index (Phi) is 6.55. The van der Waals surface area contributed by atoms with E-state index in [2.05, 4.69) is 54.6 Å². The summed E-state index contributed by atoms with van der Waals surface area (Å²) in [4.78, 5) is 2.31. The molecule has 2 heteroatoms. The smallest absolute Gasteiger partial charge is 0.0466 e. The fourth-order valence-electron chi connectivity index (χ4n) is 3.29. The van der Waals surface area contributed by atoms with Gasteiger partial charge in [0.15, 0.2) is 0 Å². The molecule has 1 aliphatic rings. The zero-order chi connectivity index (χ0) is 14.2. The van der Waals surface area contributed by atoms with Crippen molar-refractivity contribution in [2.45, 2.75) is 44.6 Å². The van der Waals surface area contributed by atoms with Gasteiger partial charge in [-0.05, 0) is 38.5 Å². The van der Waals surface area contributed by atoms with Gasteiger partial charge in [0.2, 0.25) is 0 Å². The average molecular weight is 274 g/mol. The molecule has 1 saturated carbocycles. The number of hydrogen-bond acceptors (Lipinski definition) is 2. The van der Waals surface area contributed by atoms with Gasteiger partial charge in [-0.1, -0.05) is 62.4 Å². The molecule has 1 aliphatic carbocycles. The van der Waals surface area contributed by atoms with Gasteiger partial charge in [-0.2, -0.15) is 0 Å². The van der Waals surface area contributed by atoms with Gasteiger partial charge in [-0.25, -0.2) is 0 Å². The molecule has 2 nitrogen and oxygen atoms in total. The molecule has 0 saturated heterocycles. The van der Waals surface area contributed by atoms with Crippen LogP contribution >= 0.6 is 0 Å². The Morgan fingerprint density at radius 2 is 1.80 bits per heavy atom. The van der Waals surface area contributed by atoms with Gasteiger partial charge in [0, 0.05) is 12.6 Å². The SMILES string of the molecule is CN(C)C(CNCCC1CCCCC1)c1ccccc1. The topological polar surface area (TPSA) is 15.3 Å². The lowest BCUT2D eigenvalue weighted by Crippen LogP contribution is -2.32. The number of nitrogens with one attached hydrogen (secondary N) is 1. The third kappa shape index (κ3) is 4.92. The fourth-order valence-corrected chi connectivity index (χ4v) is 3.29. The second kappa shape index (κ2) is 8.43. The molecule has 1 unspecified atom stereocenters. The molecule has 1 aromatic rings. The van der Waals surface area contributed by atoms with Crippen molar-refractivity contribution in [1.29, 1.82) is 0 Å². The van der Waals surface area contributed by atoms with Crippen LogP contribution in [0.4, 0.5) is 0 Å². The summed E-state index contributed by atoms with van der Waals surface area (Å²) in [7, 11) is 4.33. The fraction of sp³-hybridized carbons (Fsp3) is 0.667. The Labute approximate surface area is 124 Å². The second-order valence-electron chi connectivity index (χ2n) is 6.39. The van der Waals surface area contributed by atoms with Gasteiger partial charge in [-0.3, -0.25) is 0 Å². The minimum Gasteiger partial charge on any atom is -0.315 e. The summed E-state index contributed by atoms with van der Waals surface area (Å²) >= 11 is 0. The largest absolute Gasteiger partial charge is 0.315 e. The van der Waals surface area contributed by atoms with E-state index in [1.165, 1.54) is 50.6 Å². The Bertz CT molecular complexity index is 355. The first-order valence-electron chi connectivity index (χ1n) is 8.19. The maximum Gasteiger partial charge on any atom is 0.0466 e. The van der Waals surface area contributed by atoms with Crippen LogP contribution in [-0.2, 0) is 0 Å². The predicted molar refractivity (Wildman–Crippen MR) is 86.9 cm³/mol. The lowest BCUT2D eigenvalue weighted by atomic mass is 9.87. The summed E-state index contributed by atoms with van der Waals surface area (Å²) in [6.45, 7) is 2.21. The van der Waals surface area contributed by atoms with Gasteiger partial charge in [0.25, 0.3) is 0 Å².